The zero-order valence-electron chi connectivity index (χ0n) is 16.2. The molecular formula is C23H21ClN2O3. The van der Waals surface area contributed by atoms with Crippen molar-refractivity contribution in [2.75, 3.05) is 26.3 Å². The summed E-state index contributed by atoms with van der Waals surface area (Å²) in [6.45, 7) is 3.80. The second kappa shape index (κ2) is 8.31. The standard InChI is InChI=1S/C23H21ClN2O3/c1-15(27)12-16-2-4-17(5-3-16)22-14-20(23(28)26-8-10-29-11-9-26)19-13-18(24)6-7-21(19)25-22/h2-7,13-14H,8-12H2,1H3. The van der Waals surface area contributed by atoms with Crippen molar-refractivity contribution in [3.8, 4) is 11.3 Å². The summed E-state index contributed by atoms with van der Waals surface area (Å²) in [7, 11) is 0. The average molecular weight is 409 g/mol. The summed E-state index contributed by atoms with van der Waals surface area (Å²) >= 11 is 6.20. The van der Waals surface area contributed by atoms with Crippen LogP contribution in [0, 0.1) is 0 Å². The van der Waals surface area contributed by atoms with Crippen LogP contribution in [-0.4, -0.2) is 47.9 Å². The fourth-order valence-corrected chi connectivity index (χ4v) is 3.71. The zero-order chi connectivity index (χ0) is 20.4. The molecule has 4 rings (SSSR count). The van der Waals surface area contributed by atoms with Crippen LogP contribution in [0.4, 0.5) is 0 Å². The van der Waals surface area contributed by atoms with Gasteiger partial charge in [-0.3, -0.25) is 9.59 Å². The number of Topliss-reactive ketones (excluding diaryl/α,β-unsaturated/α-hetero) is 1. The number of hydrogen-bond acceptors (Lipinski definition) is 4. The lowest BCUT2D eigenvalue weighted by Gasteiger charge is -2.27. The lowest BCUT2D eigenvalue weighted by molar-refractivity contribution is -0.116. The first kappa shape index (κ1) is 19.6. The maximum Gasteiger partial charge on any atom is 0.254 e. The van der Waals surface area contributed by atoms with Crippen LogP contribution in [-0.2, 0) is 16.0 Å². The largest absolute Gasteiger partial charge is 0.378 e. The number of fused-ring (bicyclic) bond motifs is 1. The van der Waals surface area contributed by atoms with Crippen LogP contribution in [0.15, 0.2) is 48.5 Å². The van der Waals surface area contributed by atoms with Crippen LogP contribution in [0.25, 0.3) is 22.2 Å². The van der Waals surface area contributed by atoms with Gasteiger partial charge in [-0.1, -0.05) is 35.9 Å². The molecule has 148 valence electrons. The highest BCUT2D eigenvalue weighted by molar-refractivity contribution is 6.31. The molecular weight excluding hydrogens is 388 g/mol. The molecule has 0 bridgehead atoms. The smallest absolute Gasteiger partial charge is 0.254 e. The molecule has 0 saturated carbocycles. The normalized spacial score (nSPS) is 14.2. The highest BCUT2D eigenvalue weighted by Gasteiger charge is 2.22. The number of halogens is 1. The molecule has 2 heterocycles. The van der Waals surface area contributed by atoms with Crippen LogP contribution in [0.2, 0.25) is 5.02 Å². The van der Waals surface area contributed by atoms with E-state index in [1.807, 2.05) is 36.4 Å². The van der Waals surface area contributed by atoms with Crippen molar-refractivity contribution in [3.63, 3.8) is 0 Å². The van der Waals surface area contributed by atoms with Gasteiger partial charge in [-0.25, -0.2) is 4.98 Å². The molecule has 0 N–H and O–H groups in total. The van der Waals surface area contributed by atoms with E-state index in [2.05, 4.69) is 0 Å². The quantitative estimate of drug-likeness (QED) is 0.650. The predicted octanol–water partition coefficient (Wildman–Crippen LogP) is 4.16. The molecule has 0 atom stereocenters. The maximum absolute atomic E-state index is 13.2. The van der Waals surface area contributed by atoms with E-state index < -0.39 is 0 Å². The Morgan fingerprint density at radius 2 is 1.79 bits per heavy atom. The first-order valence-electron chi connectivity index (χ1n) is 9.57. The molecule has 1 amide bonds. The van der Waals surface area contributed by atoms with E-state index in [9.17, 15) is 9.59 Å². The zero-order valence-corrected chi connectivity index (χ0v) is 16.9. The number of pyridine rings is 1. The number of carbonyl (C=O) groups is 2. The van der Waals surface area contributed by atoms with Crippen molar-refractivity contribution in [2.24, 2.45) is 0 Å². The summed E-state index contributed by atoms with van der Waals surface area (Å²) in [5.41, 5.74) is 3.87. The molecule has 2 aromatic carbocycles. The number of rotatable bonds is 4. The molecule has 29 heavy (non-hydrogen) atoms. The van der Waals surface area contributed by atoms with Gasteiger partial charge in [-0.05, 0) is 36.8 Å². The van der Waals surface area contributed by atoms with Gasteiger partial charge in [0.25, 0.3) is 5.91 Å². The van der Waals surface area contributed by atoms with Crippen molar-refractivity contribution < 1.29 is 14.3 Å². The molecule has 6 heteroatoms. The van der Waals surface area contributed by atoms with E-state index in [1.165, 1.54) is 0 Å². The van der Waals surface area contributed by atoms with Gasteiger partial charge >= 0.3 is 0 Å². The van der Waals surface area contributed by atoms with Gasteiger partial charge in [-0.2, -0.15) is 0 Å². The SMILES string of the molecule is CC(=O)Cc1ccc(-c2cc(C(=O)N3CCOCC3)c3cc(Cl)ccc3n2)cc1. The number of ether oxygens (including phenoxy) is 1. The van der Waals surface area contributed by atoms with Crippen LogP contribution in [0.1, 0.15) is 22.8 Å². The molecule has 0 aliphatic carbocycles. The molecule has 3 aromatic rings. The average Bonchev–Trinajstić information content (AvgIpc) is 2.73. The fourth-order valence-electron chi connectivity index (χ4n) is 3.54. The Kier molecular flexibility index (Phi) is 5.60. The van der Waals surface area contributed by atoms with E-state index in [4.69, 9.17) is 21.3 Å². The Morgan fingerprint density at radius 1 is 1.07 bits per heavy atom. The summed E-state index contributed by atoms with van der Waals surface area (Å²) in [4.78, 5) is 31.1. The van der Waals surface area contributed by atoms with E-state index in [0.29, 0.717) is 49.0 Å². The van der Waals surface area contributed by atoms with Crippen molar-refractivity contribution >= 4 is 34.2 Å². The van der Waals surface area contributed by atoms with Gasteiger partial charge in [-0.15, -0.1) is 0 Å². The topological polar surface area (TPSA) is 59.5 Å². The summed E-state index contributed by atoms with van der Waals surface area (Å²) in [6.07, 6.45) is 0.407. The second-order valence-electron chi connectivity index (χ2n) is 7.20. The van der Waals surface area contributed by atoms with Crippen LogP contribution >= 0.6 is 11.6 Å². The number of aromatic nitrogens is 1. The highest BCUT2D eigenvalue weighted by Crippen LogP contribution is 2.28. The predicted molar refractivity (Wildman–Crippen MR) is 113 cm³/mol. The van der Waals surface area contributed by atoms with Crippen LogP contribution < -0.4 is 0 Å². The molecule has 1 aromatic heterocycles. The van der Waals surface area contributed by atoms with E-state index >= 15 is 0 Å². The van der Waals surface area contributed by atoms with Gasteiger partial charge < -0.3 is 9.64 Å². The number of ketones is 1. The molecule has 5 nitrogen and oxygen atoms in total. The van der Waals surface area contributed by atoms with Crippen LogP contribution in [0.3, 0.4) is 0 Å². The lowest BCUT2D eigenvalue weighted by Crippen LogP contribution is -2.40. The van der Waals surface area contributed by atoms with Crippen molar-refractivity contribution in [3.05, 3.63) is 64.7 Å². The summed E-state index contributed by atoms with van der Waals surface area (Å²) in [5, 5.41) is 1.31. The number of morpholine rings is 1. The molecule has 1 fully saturated rings. The Morgan fingerprint density at radius 3 is 2.48 bits per heavy atom. The summed E-state index contributed by atoms with van der Waals surface area (Å²) in [5.74, 6) is 0.0780. The first-order valence-corrected chi connectivity index (χ1v) is 9.95. The third-order valence-electron chi connectivity index (χ3n) is 5.00. The first-order chi connectivity index (χ1) is 14.0. The molecule has 0 radical (unpaired) electrons. The molecule has 1 aliphatic rings. The van der Waals surface area contributed by atoms with Crippen molar-refractivity contribution in [2.45, 2.75) is 13.3 Å². The molecule has 0 spiro atoms. The van der Waals surface area contributed by atoms with Crippen molar-refractivity contribution in [1.82, 2.24) is 9.88 Å². The minimum Gasteiger partial charge on any atom is -0.378 e. The van der Waals surface area contributed by atoms with Crippen molar-refractivity contribution in [1.29, 1.82) is 0 Å². The van der Waals surface area contributed by atoms with Crippen LogP contribution in [0.5, 0.6) is 0 Å². The van der Waals surface area contributed by atoms with Gasteiger partial charge in [0.1, 0.15) is 5.78 Å². The Bertz CT molecular complexity index is 1070. The minimum absolute atomic E-state index is 0.0441. The fraction of sp³-hybridized carbons (Fsp3) is 0.261. The third kappa shape index (κ3) is 4.31. The van der Waals surface area contributed by atoms with Gasteiger partial charge in [0.2, 0.25) is 0 Å². The van der Waals surface area contributed by atoms with E-state index in [1.54, 1.807) is 24.0 Å². The Balaban J connectivity index is 1.78. The number of hydrogen-bond donors (Lipinski definition) is 0. The maximum atomic E-state index is 13.2. The Labute approximate surface area is 174 Å². The monoisotopic (exact) mass is 408 g/mol. The van der Waals surface area contributed by atoms with Gasteiger partial charge in [0.05, 0.1) is 30.0 Å². The highest BCUT2D eigenvalue weighted by atomic mass is 35.5. The van der Waals surface area contributed by atoms with Gasteiger partial charge in [0.15, 0.2) is 0 Å². The lowest BCUT2D eigenvalue weighted by atomic mass is 10.0. The minimum atomic E-state index is -0.0441. The summed E-state index contributed by atoms with van der Waals surface area (Å²) in [6, 6.07) is 15.0. The Hall–Kier alpha value is -2.76. The molecule has 0 unspecified atom stereocenters. The second-order valence-corrected chi connectivity index (χ2v) is 7.63. The number of carbonyl (C=O) groups excluding carboxylic acids is 2. The van der Waals surface area contributed by atoms with Gasteiger partial charge in [0, 0.05) is 35.5 Å². The van der Waals surface area contributed by atoms with E-state index in [0.717, 1.165) is 22.0 Å². The molecule has 1 saturated heterocycles. The molecule has 1 aliphatic heterocycles. The number of amides is 1. The summed E-state index contributed by atoms with van der Waals surface area (Å²) < 4.78 is 5.37. The third-order valence-corrected chi connectivity index (χ3v) is 5.24. The van der Waals surface area contributed by atoms with E-state index in [-0.39, 0.29) is 11.7 Å². The number of nitrogens with zero attached hydrogens (tertiary/aromatic N) is 2. The number of benzene rings is 2.